The summed E-state index contributed by atoms with van der Waals surface area (Å²) in [7, 11) is 0. The fraction of sp³-hybridized carbons (Fsp3) is 0.688. The number of carbonyl (C=O) groups excluding carboxylic acids is 1. The van der Waals surface area contributed by atoms with Gasteiger partial charge in [-0.1, -0.05) is 13.3 Å². The molecule has 1 aromatic rings. The maximum Gasteiger partial charge on any atom is 0.268 e. The maximum atomic E-state index is 12.5. The summed E-state index contributed by atoms with van der Waals surface area (Å²) in [4.78, 5) is 12.5. The van der Waals surface area contributed by atoms with E-state index in [2.05, 4.69) is 28.3 Å². The van der Waals surface area contributed by atoms with Crippen LogP contribution >= 0.6 is 0 Å². The van der Waals surface area contributed by atoms with E-state index in [1.807, 2.05) is 12.1 Å². The van der Waals surface area contributed by atoms with Crippen molar-refractivity contribution >= 4 is 5.91 Å². The predicted octanol–water partition coefficient (Wildman–Crippen LogP) is 2.33. The Bertz CT molecular complexity index is 462. The molecule has 2 heterocycles. The Hall–Kier alpha value is -1.29. The molecule has 1 amide bonds. The van der Waals surface area contributed by atoms with E-state index in [0.717, 1.165) is 38.0 Å². The molecule has 2 aliphatic rings. The smallest absolute Gasteiger partial charge is 0.268 e. The minimum absolute atomic E-state index is 0.104. The van der Waals surface area contributed by atoms with Crippen LogP contribution in [0.25, 0.3) is 0 Å². The number of aromatic nitrogens is 1. The number of hydrogen-bond donors (Lipinski definition) is 2. The molecule has 0 aromatic carbocycles. The molecule has 2 fully saturated rings. The number of carbonyl (C=O) groups is 1. The second-order valence-electron chi connectivity index (χ2n) is 6.27. The van der Waals surface area contributed by atoms with Gasteiger partial charge in [-0.2, -0.15) is 0 Å². The number of nitrogens with zero attached hydrogens (tertiary/aromatic N) is 1. The molecule has 4 heteroatoms. The van der Waals surface area contributed by atoms with Crippen molar-refractivity contribution in [2.24, 2.45) is 5.92 Å². The largest absolute Gasteiger partial charge is 0.348 e. The standard InChI is InChI=1S/C16H25N3O/c1-12-4-2-5-14(12)18-16(20)15-6-3-11-19(15)13-7-9-17-10-8-13/h3,6,11-14,17H,2,4-5,7-10H2,1H3,(H,18,20). The molecule has 20 heavy (non-hydrogen) atoms. The minimum Gasteiger partial charge on any atom is -0.348 e. The molecule has 1 saturated carbocycles. The average Bonchev–Trinajstić information content (AvgIpc) is 3.09. The van der Waals surface area contributed by atoms with E-state index in [1.165, 1.54) is 12.8 Å². The summed E-state index contributed by atoms with van der Waals surface area (Å²) in [6, 6.07) is 4.78. The van der Waals surface area contributed by atoms with Crippen LogP contribution in [0, 0.1) is 5.92 Å². The first-order chi connectivity index (χ1) is 9.75. The molecule has 4 nitrogen and oxygen atoms in total. The molecule has 2 N–H and O–H groups in total. The maximum absolute atomic E-state index is 12.5. The molecule has 110 valence electrons. The van der Waals surface area contributed by atoms with Gasteiger partial charge in [-0.3, -0.25) is 4.79 Å². The second-order valence-corrected chi connectivity index (χ2v) is 6.27. The van der Waals surface area contributed by atoms with Gasteiger partial charge in [-0.15, -0.1) is 0 Å². The Kier molecular flexibility index (Phi) is 4.10. The minimum atomic E-state index is 0.104. The molecule has 2 unspecified atom stereocenters. The van der Waals surface area contributed by atoms with Crippen LogP contribution in [0.15, 0.2) is 18.3 Å². The van der Waals surface area contributed by atoms with E-state index >= 15 is 0 Å². The lowest BCUT2D eigenvalue weighted by Crippen LogP contribution is -2.38. The van der Waals surface area contributed by atoms with Gasteiger partial charge in [0.25, 0.3) is 5.91 Å². The zero-order valence-electron chi connectivity index (χ0n) is 12.3. The van der Waals surface area contributed by atoms with Crippen LogP contribution in [0.4, 0.5) is 0 Å². The van der Waals surface area contributed by atoms with Crippen molar-refractivity contribution in [1.82, 2.24) is 15.2 Å². The first-order valence-electron chi connectivity index (χ1n) is 7.94. The van der Waals surface area contributed by atoms with E-state index in [4.69, 9.17) is 0 Å². The van der Waals surface area contributed by atoms with Crippen molar-refractivity contribution < 1.29 is 4.79 Å². The summed E-state index contributed by atoms with van der Waals surface area (Å²) < 4.78 is 2.18. The SMILES string of the molecule is CC1CCCC1NC(=O)c1cccn1C1CCNCC1. The summed E-state index contributed by atoms with van der Waals surface area (Å²) in [5.41, 5.74) is 0.830. The highest BCUT2D eigenvalue weighted by Gasteiger charge is 2.27. The highest BCUT2D eigenvalue weighted by atomic mass is 16.2. The molecular weight excluding hydrogens is 250 g/mol. The van der Waals surface area contributed by atoms with E-state index in [-0.39, 0.29) is 5.91 Å². The highest BCUT2D eigenvalue weighted by Crippen LogP contribution is 2.26. The fourth-order valence-electron chi connectivity index (χ4n) is 3.59. The molecule has 3 rings (SSSR count). The van der Waals surface area contributed by atoms with Crippen LogP contribution in [0.5, 0.6) is 0 Å². The summed E-state index contributed by atoms with van der Waals surface area (Å²) in [5.74, 6) is 0.716. The third kappa shape index (κ3) is 2.75. The summed E-state index contributed by atoms with van der Waals surface area (Å²) in [5, 5.41) is 6.61. The highest BCUT2D eigenvalue weighted by molar-refractivity contribution is 5.93. The zero-order valence-corrected chi connectivity index (χ0v) is 12.3. The Morgan fingerprint density at radius 3 is 2.80 bits per heavy atom. The first kappa shape index (κ1) is 13.7. The zero-order chi connectivity index (χ0) is 13.9. The third-order valence-corrected chi connectivity index (χ3v) is 4.89. The molecule has 1 aromatic heterocycles. The van der Waals surface area contributed by atoms with Gasteiger partial charge < -0.3 is 15.2 Å². The molecule has 0 radical (unpaired) electrons. The van der Waals surface area contributed by atoms with Gasteiger partial charge in [0.2, 0.25) is 0 Å². The van der Waals surface area contributed by atoms with Crippen molar-refractivity contribution in [2.75, 3.05) is 13.1 Å². The molecule has 2 atom stereocenters. The molecule has 1 saturated heterocycles. The fourth-order valence-corrected chi connectivity index (χ4v) is 3.59. The average molecular weight is 275 g/mol. The number of nitrogens with one attached hydrogen (secondary N) is 2. The van der Waals surface area contributed by atoms with Gasteiger partial charge in [-0.25, -0.2) is 0 Å². The van der Waals surface area contributed by atoms with E-state index in [1.54, 1.807) is 0 Å². The van der Waals surface area contributed by atoms with Crippen LogP contribution in [0.1, 0.15) is 55.6 Å². The van der Waals surface area contributed by atoms with Gasteiger partial charge in [0.15, 0.2) is 0 Å². The molecule has 0 spiro atoms. The summed E-state index contributed by atoms with van der Waals surface area (Å²) in [6.45, 7) is 4.33. The van der Waals surface area contributed by atoms with Crippen molar-refractivity contribution in [3.8, 4) is 0 Å². The van der Waals surface area contributed by atoms with Crippen LogP contribution in [0.2, 0.25) is 0 Å². The van der Waals surface area contributed by atoms with Gasteiger partial charge >= 0.3 is 0 Å². The Labute approximate surface area is 120 Å². The van der Waals surface area contributed by atoms with E-state index in [0.29, 0.717) is 18.0 Å². The van der Waals surface area contributed by atoms with E-state index < -0.39 is 0 Å². The summed E-state index contributed by atoms with van der Waals surface area (Å²) in [6.07, 6.45) is 7.87. The topological polar surface area (TPSA) is 46.1 Å². The first-order valence-corrected chi connectivity index (χ1v) is 7.94. The number of hydrogen-bond acceptors (Lipinski definition) is 2. The van der Waals surface area contributed by atoms with E-state index in [9.17, 15) is 4.79 Å². The van der Waals surface area contributed by atoms with Gasteiger partial charge in [0.1, 0.15) is 5.69 Å². The predicted molar refractivity (Wildman–Crippen MR) is 79.8 cm³/mol. The quantitative estimate of drug-likeness (QED) is 0.889. The van der Waals surface area contributed by atoms with Crippen molar-refractivity contribution in [3.63, 3.8) is 0 Å². The van der Waals surface area contributed by atoms with Gasteiger partial charge in [-0.05, 0) is 56.8 Å². The summed E-state index contributed by atoms with van der Waals surface area (Å²) >= 11 is 0. The normalized spacial score (nSPS) is 27.6. The Morgan fingerprint density at radius 2 is 2.10 bits per heavy atom. The Morgan fingerprint density at radius 1 is 1.30 bits per heavy atom. The van der Waals surface area contributed by atoms with Crippen LogP contribution in [-0.2, 0) is 0 Å². The lowest BCUT2D eigenvalue weighted by Gasteiger charge is -2.26. The number of amides is 1. The van der Waals surface area contributed by atoms with Crippen LogP contribution in [-0.4, -0.2) is 29.6 Å². The van der Waals surface area contributed by atoms with Crippen molar-refractivity contribution in [1.29, 1.82) is 0 Å². The van der Waals surface area contributed by atoms with Crippen LogP contribution in [0.3, 0.4) is 0 Å². The molecule has 1 aliphatic carbocycles. The monoisotopic (exact) mass is 275 g/mol. The lowest BCUT2D eigenvalue weighted by atomic mass is 10.1. The lowest BCUT2D eigenvalue weighted by molar-refractivity contribution is 0.0916. The molecular formula is C16H25N3O. The van der Waals surface area contributed by atoms with Gasteiger partial charge in [0.05, 0.1) is 0 Å². The Balaban J connectivity index is 1.70. The molecule has 1 aliphatic heterocycles. The van der Waals surface area contributed by atoms with Gasteiger partial charge in [0, 0.05) is 18.3 Å². The van der Waals surface area contributed by atoms with Crippen molar-refractivity contribution in [3.05, 3.63) is 24.0 Å². The second kappa shape index (κ2) is 6.00. The van der Waals surface area contributed by atoms with Crippen molar-refractivity contribution in [2.45, 2.75) is 51.1 Å². The number of piperidine rings is 1. The number of rotatable bonds is 3. The molecule has 0 bridgehead atoms. The third-order valence-electron chi connectivity index (χ3n) is 4.89. The van der Waals surface area contributed by atoms with Crippen LogP contribution < -0.4 is 10.6 Å².